The molecule has 0 amide bonds. The second kappa shape index (κ2) is 5.75. The predicted molar refractivity (Wildman–Crippen MR) is 62.7 cm³/mol. The number of nitrogens with zero attached hydrogens (tertiary/aromatic N) is 2. The Morgan fingerprint density at radius 3 is 2.79 bits per heavy atom. The van der Waals surface area contributed by atoms with Crippen molar-refractivity contribution < 1.29 is 4.52 Å². The highest BCUT2D eigenvalue weighted by Gasteiger charge is 2.13. The Labute approximate surface area is 97.2 Å². The SMILES string of the molecule is CCC(Br)c1nc(CSC(C)C)no1. The van der Waals surface area contributed by atoms with Crippen molar-refractivity contribution in [1.29, 1.82) is 0 Å². The van der Waals surface area contributed by atoms with E-state index in [-0.39, 0.29) is 4.83 Å². The van der Waals surface area contributed by atoms with Gasteiger partial charge in [-0.3, -0.25) is 0 Å². The lowest BCUT2D eigenvalue weighted by molar-refractivity contribution is 0.372. The second-order valence-electron chi connectivity index (χ2n) is 3.28. The lowest BCUT2D eigenvalue weighted by atomic mass is 10.3. The van der Waals surface area contributed by atoms with E-state index < -0.39 is 0 Å². The van der Waals surface area contributed by atoms with Gasteiger partial charge in [0.2, 0.25) is 5.89 Å². The minimum absolute atomic E-state index is 0.188. The number of alkyl halides is 1. The summed E-state index contributed by atoms with van der Waals surface area (Å²) < 4.78 is 5.13. The number of thioether (sulfide) groups is 1. The molecule has 3 nitrogen and oxygen atoms in total. The Bertz CT molecular complexity index is 278. The summed E-state index contributed by atoms with van der Waals surface area (Å²) in [7, 11) is 0. The standard InChI is InChI=1S/C9H15BrN2OS/c1-4-7(10)9-11-8(12-13-9)5-14-6(2)3/h6-7H,4-5H2,1-3H3. The third-order valence-electron chi connectivity index (χ3n) is 1.66. The van der Waals surface area contributed by atoms with Gasteiger partial charge in [0, 0.05) is 0 Å². The van der Waals surface area contributed by atoms with Crippen LogP contribution in [0.2, 0.25) is 0 Å². The zero-order chi connectivity index (χ0) is 10.6. The molecule has 0 saturated carbocycles. The molecule has 0 fully saturated rings. The molecule has 0 saturated heterocycles. The van der Waals surface area contributed by atoms with Crippen molar-refractivity contribution >= 4 is 27.7 Å². The molecule has 0 spiro atoms. The molecule has 0 aliphatic rings. The third kappa shape index (κ3) is 3.61. The zero-order valence-corrected chi connectivity index (χ0v) is 11.1. The zero-order valence-electron chi connectivity index (χ0n) is 8.66. The first-order valence-corrected chi connectivity index (χ1v) is 6.68. The Balaban J connectivity index is 2.50. The average Bonchev–Trinajstić information content (AvgIpc) is 2.62. The molecule has 0 aromatic carbocycles. The highest BCUT2D eigenvalue weighted by molar-refractivity contribution is 9.09. The Hall–Kier alpha value is -0.0300. The van der Waals surface area contributed by atoms with E-state index in [0.29, 0.717) is 11.1 Å². The smallest absolute Gasteiger partial charge is 0.240 e. The van der Waals surface area contributed by atoms with Gasteiger partial charge < -0.3 is 4.52 Å². The van der Waals surface area contributed by atoms with Crippen LogP contribution in [0.25, 0.3) is 0 Å². The fraction of sp³-hybridized carbons (Fsp3) is 0.778. The van der Waals surface area contributed by atoms with Crippen LogP contribution in [0.1, 0.15) is 43.7 Å². The minimum Gasteiger partial charge on any atom is -0.338 e. The summed E-state index contributed by atoms with van der Waals surface area (Å²) in [6.07, 6.45) is 0.957. The van der Waals surface area contributed by atoms with Crippen molar-refractivity contribution in [3.05, 3.63) is 11.7 Å². The van der Waals surface area contributed by atoms with Crippen molar-refractivity contribution in [3.8, 4) is 0 Å². The normalized spacial score (nSPS) is 13.5. The molecule has 0 aliphatic carbocycles. The Kier molecular flexibility index (Phi) is 4.95. The van der Waals surface area contributed by atoms with E-state index in [1.165, 1.54) is 0 Å². The van der Waals surface area contributed by atoms with Crippen LogP contribution in [-0.2, 0) is 5.75 Å². The van der Waals surface area contributed by atoms with Gasteiger partial charge >= 0.3 is 0 Å². The van der Waals surface area contributed by atoms with Crippen LogP contribution in [0.15, 0.2) is 4.52 Å². The highest BCUT2D eigenvalue weighted by Crippen LogP contribution is 2.25. The van der Waals surface area contributed by atoms with Crippen LogP contribution >= 0.6 is 27.7 Å². The van der Waals surface area contributed by atoms with E-state index in [1.807, 2.05) is 11.8 Å². The van der Waals surface area contributed by atoms with E-state index in [2.05, 4.69) is 46.8 Å². The van der Waals surface area contributed by atoms with Crippen molar-refractivity contribution in [2.24, 2.45) is 0 Å². The molecule has 0 radical (unpaired) electrons. The Morgan fingerprint density at radius 1 is 1.50 bits per heavy atom. The average molecular weight is 279 g/mol. The topological polar surface area (TPSA) is 38.9 Å². The summed E-state index contributed by atoms with van der Waals surface area (Å²) >= 11 is 5.29. The maximum Gasteiger partial charge on any atom is 0.240 e. The molecule has 0 aliphatic heterocycles. The van der Waals surface area contributed by atoms with Crippen LogP contribution in [0.4, 0.5) is 0 Å². The number of hydrogen-bond acceptors (Lipinski definition) is 4. The number of aromatic nitrogens is 2. The molecule has 5 heteroatoms. The van der Waals surface area contributed by atoms with E-state index >= 15 is 0 Å². The van der Waals surface area contributed by atoms with Crippen molar-refractivity contribution in [2.75, 3.05) is 0 Å². The largest absolute Gasteiger partial charge is 0.338 e. The first kappa shape index (κ1) is 12.0. The monoisotopic (exact) mass is 278 g/mol. The van der Waals surface area contributed by atoms with Gasteiger partial charge in [-0.1, -0.05) is 41.9 Å². The summed E-state index contributed by atoms with van der Waals surface area (Å²) in [6.45, 7) is 6.39. The molecule has 0 bridgehead atoms. The molecule has 1 rings (SSSR count). The predicted octanol–water partition coefficient (Wildman–Crippen LogP) is 3.56. The third-order valence-corrected chi connectivity index (χ3v) is 3.79. The lowest BCUT2D eigenvalue weighted by Crippen LogP contribution is -1.92. The fourth-order valence-corrected chi connectivity index (χ4v) is 1.65. The lowest BCUT2D eigenvalue weighted by Gasteiger charge is -1.99. The van der Waals surface area contributed by atoms with Crippen LogP contribution in [0.3, 0.4) is 0 Å². The van der Waals surface area contributed by atoms with Gasteiger partial charge in [-0.2, -0.15) is 16.7 Å². The van der Waals surface area contributed by atoms with Gasteiger partial charge in [-0.25, -0.2) is 0 Å². The van der Waals surface area contributed by atoms with Crippen molar-refractivity contribution in [1.82, 2.24) is 10.1 Å². The van der Waals surface area contributed by atoms with Gasteiger partial charge in [-0.15, -0.1) is 0 Å². The first-order valence-electron chi connectivity index (χ1n) is 4.71. The van der Waals surface area contributed by atoms with Crippen LogP contribution < -0.4 is 0 Å². The van der Waals surface area contributed by atoms with Crippen molar-refractivity contribution in [2.45, 2.75) is 43.0 Å². The van der Waals surface area contributed by atoms with E-state index in [4.69, 9.17) is 4.52 Å². The molecule has 1 unspecified atom stereocenters. The number of rotatable bonds is 5. The van der Waals surface area contributed by atoms with E-state index in [1.54, 1.807) is 0 Å². The van der Waals surface area contributed by atoms with Gasteiger partial charge in [0.05, 0.1) is 10.6 Å². The fourth-order valence-electron chi connectivity index (χ4n) is 0.869. The van der Waals surface area contributed by atoms with Gasteiger partial charge in [-0.05, 0) is 11.7 Å². The molecule has 0 N–H and O–H groups in total. The number of halogens is 1. The molecule has 80 valence electrons. The molecule has 1 aromatic heterocycles. The quantitative estimate of drug-likeness (QED) is 0.772. The summed E-state index contributed by atoms with van der Waals surface area (Å²) in [5, 5.41) is 4.52. The summed E-state index contributed by atoms with van der Waals surface area (Å²) in [5.41, 5.74) is 0. The van der Waals surface area contributed by atoms with Gasteiger partial charge in [0.25, 0.3) is 0 Å². The summed E-state index contributed by atoms with van der Waals surface area (Å²) in [5.74, 6) is 2.30. The molecule has 1 aromatic rings. The van der Waals surface area contributed by atoms with Crippen LogP contribution in [0, 0.1) is 0 Å². The maximum atomic E-state index is 5.13. The second-order valence-corrected chi connectivity index (χ2v) is 5.95. The molecule has 1 heterocycles. The summed E-state index contributed by atoms with van der Waals surface area (Å²) in [6, 6.07) is 0. The Morgan fingerprint density at radius 2 is 2.21 bits per heavy atom. The molecule has 1 atom stereocenters. The number of hydrogen-bond donors (Lipinski definition) is 0. The highest BCUT2D eigenvalue weighted by atomic mass is 79.9. The van der Waals surface area contributed by atoms with E-state index in [0.717, 1.165) is 18.0 Å². The van der Waals surface area contributed by atoms with E-state index in [9.17, 15) is 0 Å². The van der Waals surface area contributed by atoms with Crippen molar-refractivity contribution in [3.63, 3.8) is 0 Å². The minimum atomic E-state index is 0.188. The van der Waals surface area contributed by atoms with Crippen LogP contribution in [-0.4, -0.2) is 15.4 Å². The summed E-state index contributed by atoms with van der Waals surface area (Å²) in [4.78, 5) is 4.50. The first-order chi connectivity index (χ1) is 6.63. The van der Waals surface area contributed by atoms with Gasteiger partial charge in [0.1, 0.15) is 0 Å². The maximum absolute atomic E-state index is 5.13. The molecular weight excluding hydrogens is 264 g/mol. The van der Waals surface area contributed by atoms with Crippen LogP contribution in [0.5, 0.6) is 0 Å². The molecule has 14 heavy (non-hydrogen) atoms. The van der Waals surface area contributed by atoms with Gasteiger partial charge in [0.15, 0.2) is 5.82 Å². The molecular formula is C9H15BrN2OS.